The lowest BCUT2D eigenvalue weighted by atomic mass is 10.0. The Hall–Kier alpha value is -1.84. The Bertz CT molecular complexity index is 465. The lowest BCUT2D eigenvalue weighted by molar-refractivity contribution is -0.115. The summed E-state index contributed by atoms with van der Waals surface area (Å²) in [5, 5.41) is 7.02. The van der Waals surface area contributed by atoms with Crippen molar-refractivity contribution in [2.45, 2.75) is 52.6 Å². The molecular weight excluding hydrogens is 264 g/mol. The van der Waals surface area contributed by atoms with Gasteiger partial charge in [0, 0.05) is 12.1 Å². The molecule has 4 nitrogen and oxygen atoms in total. The molecule has 0 aliphatic carbocycles. The van der Waals surface area contributed by atoms with Gasteiger partial charge in [-0.3, -0.25) is 4.79 Å². The summed E-state index contributed by atoms with van der Waals surface area (Å²) in [6.45, 7) is 8.75. The molecule has 0 saturated carbocycles. The summed E-state index contributed by atoms with van der Waals surface area (Å²) in [7, 11) is 0. The van der Waals surface area contributed by atoms with Gasteiger partial charge in [0.15, 0.2) is 5.71 Å². The van der Waals surface area contributed by atoms with Crippen LogP contribution in [-0.4, -0.2) is 23.8 Å². The predicted molar refractivity (Wildman–Crippen MR) is 86.4 cm³/mol. The van der Waals surface area contributed by atoms with Crippen LogP contribution in [0.5, 0.6) is 0 Å². The standard InChI is InChI=1S/C17H26N2O2/c1-5-13-18-16(20)15(14-11-9-8-10-12-14)19-21-17(4,6-2)7-3/h8-12H,5-7,13H2,1-4H3,(H,18,20)/b19-15-. The van der Waals surface area contributed by atoms with Crippen LogP contribution in [-0.2, 0) is 9.63 Å². The Morgan fingerprint density at radius 3 is 2.33 bits per heavy atom. The van der Waals surface area contributed by atoms with Crippen molar-refractivity contribution in [3.63, 3.8) is 0 Å². The van der Waals surface area contributed by atoms with E-state index >= 15 is 0 Å². The number of nitrogens with zero attached hydrogens (tertiary/aromatic N) is 1. The fraction of sp³-hybridized carbons (Fsp3) is 0.529. The number of benzene rings is 1. The minimum atomic E-state index is -0.342. The number of amides is 1. The van der Waals surface area contributed by atoms with Gasteiger partial charge in [-0.05, 0) is 26.2 Å². The van der Waals surface area contributed by atoms with Crippen molar-refractivity contribution in [1.29, 1.82) is 0 Å². The minimum absolute atomic E-state index is 0.197. The molecule has 1 rings (SSSR count). The van der Waals surface area contributed by atoms with Gasteiger partial charge in [-0.1, -0.05) is 56.3 Å². The Balaban J connectivity index is 2.99. The van der Waals surface area contributed by atoms with Crippen LogP contribution in [0.1, 0.15) is 52.5 Å². The van der Waals surface area contributed by atoms with Gasteiger partial charge in [0.25, 0.3) is 5.91 Å². The van der Waals surface area contributed by atoms with Crippen LogP contribution in [0.25, 0.3) is 0 Å². The van der Waals surface area contributed by atoms with Gasteiger partial charge >= 0.3 is 0 Å². The lowest BCUT2D eigenvalue weighted by Crippen LogP contribution is -2.33. The third-order valence-electron chi connectivity index (χ3n) is 3.65. The Kier molecular flexibility index (Phi) is 6.92. The largest absolute Gasteiger partial charge is 0.389 e. The number of hydrogen-bond acceptors (Lipinski definition) is 3. The van der Waals surface area contributed by atoms with Gasteiger partial charge in [0.2, 0.25) is 0 Å². The van der Waals surface area contributed by atoms with Crippen molar-refractivity contribution in [2.75, 3.05) is 6.54 Å². The van der Waals surface area contributed by atoms with Crippen LogP contribution in [0.15, 0.2) is 35.5 Å². The molecule has 0 fully saturated rings. The minimum Gasteiger partial charge on any atom is -0.389 e. The van der Waals surface area contributed by atoms with Gasteiger partial charge in [-0.2, -0.15) is 0 Å². The van der Waals surface area contributed by atoms with Crippen molar-refractivity contribution < 1.29 is 9.63 Å². The van der Waals surface area contributed by atoms with E-state index in [1.165, 1.54) is 0 Å². The Labute approximate surface area is 127 Å². The number of nitrogens with one attached hydrogen (secondary N) is 1. The third-order valence-corrected chi connectivity index (χ3v) is 3.65. The van der Waals surface area contributed by atoms with Gasteiger partial charge < -0.3 is 10.2 Å². The van der Waals surface area contributed by atoms with Crippen molar-refractivity contribution in [3.8, 4) is 0 Å². The fourth-order valence-electron chi connectivity index (χ4n) is 1.68. The second kappa shape index (κ2) is 8.45. The van der Waals surface area contributed by atoms with E-state index in [-0.39, 0.29) is 11.5 Å². The van der Waals surface area contributed by atoms with Crippen molar-refractivity contribution in [1.82, 2.24) is 5.32 Å². The maximum Gasteiger partial charge on any atom is 0.273 e. The molecule has 1 N–H and O–H groups in total. The van der Waals surface area contributed by atoms with Gasteiger partial charge in [-0.25, -0.2) is 0 Å². The van der Waals surface area contributed by atoms with E-state index in [1.54, 1.807) is 0 Å². The quantitative estimate of drug-likeness (QED) is 0.588. The summed E-state index contributed by atoms with van der Waals surface area (Å²) in [4.78, 5) is 17.9. The fourth-order valence-corrected chi connectivity index (χ4v) is 1.68. The third kappa shape index (κ3) is 5.21. The highest BCUT2D eigenvalue weighted by Gasteiger charge is 2.23. The monoisotopic (exact) mass is 290 g/mol. The van der Waals surface area contributed by atoms with Crippen LogP contribution in [0, 0.1) is 0 Å². The lowest BCUT2D eigenvalue weighted by Gasteiger charge is -2.24. The van der Waals surface area contributed by atoms with Crippen LogP contribution >= 0.6 is 0 Å². The molecule has 116 valence electrons. The molecule has 0 atom stereocenters. The molecule has 21 heavy (non-hydrogen) atoms. The Morgan fingerprint density at radius 2 is 1.81 bits per heavy atom. The first-order valence-corrected chi connectivity index (χ1v) is 7.66. The van der Waals surface area contributed by atoms with Crippen molar-refractivity contribution in [3.05, 3.63) is 35.9 Å². The Morgan fingerprint density at radius 1 is 1.19 bits per heavy atom. The maximum absolute atomic E-state index is 12.3. The summed E-state index contributed by atoms with van der Waals surface area (Å²) in [5.41, 5.74) is 0.753. The van der Waals surface area contributed by atoms with Crippen LogP contribution in [0.3, 0.4) is 0 Å². The first-order chi connectivity index (χ1) is 10.1. The summed E-state index contributed by atoms with van der Waals surface area (Å²) in [6, 6.07) is 9.41. The normalized spacial score (nSPS) is 12.1. The SMILES string of the molecule is CCCNC(=O)/C(=N\OC(C)(CC)CC)c1ccccc1. The average molecular weight is 290 g/mol. The molecule has 0 aromatic heterocycles. The molecule has 4 heteroatoms. The van der Waals surface area contributed by atoms with E-state index in [2.05, 4.69) is 24.3 Å². The first-order valence-electron chi connectivity index (χ1n) is 7.66. The molecule has 0 unspecified atom stereocenters. The summed E-state index contributed by atoms with van der Waals surface area (Å²) in [5.74, 6) is -0.197. The van der Waals surface area contributed by atoms with Crippen molar-refractivity contribution in [2.24, 2.45) is 5.16 Å². The molecular formula is C17H26N2O2. The average Bonchev–Trinajstić information content (AvgIpc) is 2.53. The zero-order valence-electron chi connectivity index (χ0n) is 13.5. The van der Waals surface area contributed by atoms with E-state index in [4.69, 9.17) is 4.84 Å². The van der Waals surface area contributed by atoms with Gasteiger partial charge in [-0.15, -0.1) is 0 Å². The summed E-state index contributed by atoms with van der Waals surface area (Å²) >= 11 is 0. The summed E-state index contributed by atoms with van der Waals surface area (Å²) in [6.07, 6.45) is 2.56. The summed E-state index contributed by atoms with van der Waals surface area (Å²) < 4.78 is 0. The molecule has 0 radical (unpaired) electrons. The van der Waals surface area contributed by atoms with Crippen LogP contribution in [0.2, 0.25) is 0 Å². The number of carbonyl (C=O) groups excluding carboxylic acids is 1. The molecule has 1 amide bonds. The van der Waals surface area contributed by atoms with Gasteiger partial charge in [0.05, 0.1) is 0 Å². The molecule has 0 saturated heterocycles. The number of rotatable bonds is 8. The number of oxime groups is 1. The molecule has 0 aliphatic rings. The van der Waals surface area contributed by atoms with E-state index in [0.717, 1.165) is 24.8 Å². The van der Waals surface area contributed by atoms with E-state index in [0.29, 0.717) is 12.3 Å². The molecule has 0 bridgehead atoms. The highest BCUT2D eigenvalue weighted by molar-refractivity contribution is 6.45. The maximum atomic E-state index is 12.3. The number of carbonyl (C=O) groups is 1. The highest BCUT2D eigenvalue weighted by atomic mass is 16.6. The first kappa shape index (κ1) is 17.2. The second-order valence-electron chi connectivity index (χ2n) is 5.31. The second-order valence-corrected chi connectivity index (χ2v) is 5.31. The molecule has 0 spiro atoms. The highest BCUT2D eigenvalue weighted by Crippen LogP contribution is 2.20. The smallest absolute Gasteiger partial charge is 0.273 e. The van der Waals surface area contributed by atoms with E-state index in [1.807, 2.05) is 44.2 Å². The van der Waals surface area contributed by atoms with Gasteiger partial charge in [0.1, 0.15) is 5.60 Å². The molecule has 0 aliphatic heterocycles. The van der Waals surface area contributed by atoms with E-state index < -0.39 is 0 Å². The molecule has 0 heterocycles. The van der Waals surface area contributed by atoms with Crippen molar-refractivity contribution >= 4 is 11.6 Å². The number of hydrogen-bond donors (Lipinski definition) is 1. The predicted octanol–water partition coefficient (Wildman–Crippen LogP) is 3.51. The zero-order chi connectivity index (χ0) is 15.7. The zero-order valence-corrected chi connectivity index (χ0v) is 13.5. The van der Waals surface area contributed by atoms with Crippen LogP contribution in [0.4, 0.5) is 0 Å². The van der Waals surface area contributed by atoms with Crippen LogP contribution < -0.4 is 5.32 Å². The molecule has 1 aromatic rings. The topological polar surface area (TPSA) is 50.7 Å². The molecule has 1 aromatic carbocycles. The van der Waals surface area contributed by atoms with E-state index in [9.17, 15) is 4.79 Å².